The Kier molecular flexibility index (Phi) is 48.1. The zero-order valence-corrected chi connectivity index (χ0v) is 42.4. The second kappa shape index (κ2) is 48.9. The quantitative estimate of drug-likeness (QED) is 0.0305. The van der Waals surface area contributed by atoms with E-state index in [1.165, 1.54) is 225 Å². The first kappa shape index (κ1) is 62.0. The second-order valence-corrected chi connectivity index (χ2v) is 20.2. The highest BCUT2D eigenvalue weighted by atomic mass is 31.2. The summed E-state index contributed by atoms with van der Waals surface area (Å²) in [5, 5.41) is 8.93. The minimum absolute atomic E-state index is 0.0266. The van der Waals surface area contributed by atoms with Crippen LogP contribution in [-0.2, 0) is 32.7 Å². The Morgan fingerprint density at radius 2 is 0.730 bits per heavy atom. The van der Waals surface area contributed by atoms with Crippen molar-refractivity contribution in [3.8, 4) is 0 Å². The lowest BCUT2D eigenvalue weighted by Crippen LogP contribution is -2.34. The number of ether oxygens (including phenoxy) is 2. The van der Waals surface area contributed by atoms with E-state index in [1.54, 1.807) is 0 Å². The number of esters is 1. The van der Waals surface area contributed by atoms with E-state index in [1.807, 2.05) is 0 Å². The van der Waals surface area contributed by atoms with Crippen LogP contribution in [0.1, 0.15) is 284 Å². The zero-order chi connectivity index (χ0) is 46.2. The molecular weight excluding hydrogens is 814 g/mol. The molecule has 3 atom stereocenters. The van der Waals surface area contributed by atoms with E-state index in [-0.39, 0.29) is 13.0 Å². The maximum Gasteiger partial charge on any atom is 0.472 e. The summed E-state index contributed by atoms with van der Waals surface area (Å²) in [6.07, 6.45) is 53.1. The van der Waals surface area contributed by atoms with Gasteiger partial charge in [0.1, 0.15) is 12.1 Å². The lowest BCUT2D eigenvalue weighted by molar-refractivity contribution is -0.154. The van der Waals surface area contributed by atoms with E-state index >= 15 is 0 Å². The summed E-state index contributed by atoms with van der Waals surface area (Å²) >= 11 is 0. The van der Waals surface area contributed by atoms with Gasteiger partial charge in [0.2, 0.25) is 0 Å². The molecule has 11 heteroatoms. The van der Waals surface area contributed by atoms with E-state index < -0.39 is 45.1 Å². The molecule has 0 radical (unpaired) electrons. The zero-order valence-electron chi connectivity index (χ0n) is 41.5. The number of carboxylic acids is 1. The Hall–Kier alpha value is -1.03. The van der Waals surface area contributed by atoms with Crippen molar-refractivity contribution in [3.63, 3.8) is 0 Å². The van der Waals surface area contributed by atoms with E-state index in [4.69, 9.17) is 29.4 Å². The van der Waals surface area contributed by atoms with Crippen molar-refractivity contribution >= 4 is 19.8 Å². The Morgan fingerprint density at radius 3 is 1.05 bits per heavy atom. The van der Waals surface area contributed by atoms with Crippen molar-refractivity contribution < 1.29 is 42.7 Å². The highest BCUT2D eigenvalue weighted by Crippen LogP contribution is 2.43. The highest BCUT2D eigenvalue weighted by molar-refractivity contribution is 7.47. The molecular formula is C52H104NO9P. The summed E-state index contributed by atoms with van der Waals surface area (Å²) in [4.78, 5) is 33.7. The topological polar surface area (TPSA) is 155 Å². The molecule has 0 saturated carbocycles. The van der Waals surface area contributed by atoms with Crippen LogP contribution in [0, 0.1) is 0 Å². The van der Waals surface area contributed by atoms with Crippen LogP contribution in [0.2, 0.25) is 0 Å². The summed E-state index contributed by atoms with van der Waals surface area (Å²) in [5.74, 6) is -1.76. The normalized spacial score (nSPS) is 13.6. The monoisotopic (exact) mass is 918 g/mol. The molecule has 3 unspecified atom stereocenters. The highest BCUT2D eigenvalue weighted by Gasteiger charge is 2.27. The first-order valence-corrected chi connectivity index (χ1v) is 28.6. The first-order valence-electron chi connectivity index (χ1n) is 27.1. The number of rotatable bonds is 53. The number of carboxylic acid groups (broad SMARTS) is 1. The molecule has 0 heterocycles. The molecule has 0 aromatic heterocycles. The van der Waals surface area contributed by atoms with Crippen molar-refractivity contribution in [2.45, 2.75) is 296 Å². The molecule has 4 N–H and O–H groups in total. The maximum atomic E-state index is 12.7. The number of nitrogens with two attached hydrogens (primary N) is 1. The first-order chi connectivity index (χ1) is 30.7. The van der Waals surface area contributed by atoms with Crippen LogP contribution in [0.4, 0.5) is 0 Å². The molecule has 0 bridgehead atoms. The number of carbonyl (C=O) groups is 2. The van der Waals surface area contributed by atoms with Crippen LogP contribution in [0.5, 0.6) is 0 Å². The van der Waals surface area contributed by atoms with Gasteiger partial charge in [0.15, 0.2) is 0 Å². The van der Waals surface area contributed by atoms with Crippen molar-refractivity contribution in [2.24, 2.45) is 5.73 Å². The van der Waals surface area contributed by atoms with Gasteiger partial charge < -0.3 is 25.2 Å². The molecule has 0 aliphatic rings. The third-order valence-corrected chi connectivity index (χ3v) is 13.3. The summed E-state index contributed by atoms with van der Waals surface area (Å²) < 4.78 is 33.6. The van der Waals surface area contributed by atoms with Gasteiger partial charge >= 0.3 is 19.8 Å². The number of hydrogen-bond acceptors (Lipinski definition) is 8. The summed E-state index contributed by atoms with van der Waals surface area (Å²) in [6.45, 7) is 3.97. The van der Waals surface area contributed by atoms with E-state index in [2.05, 4.69) is 13.8 Å². The molecule has 0 fully saturated rings. The fourth-order valence-corrected chi connectivity index (χ4v) is 8.97. The average Bonchev–Trinajstić information content (AvgIpc) is 3.26. The molecule has 0 saturated heterocycles. The van der Waals surface area contributed by atoms with Gasteiger partial charge in [0.05, 0.1) is 19.8 Å². The van der Waals surface area contributed by atoms with Gasteiger partial charge in [-0.3, -0.25) is 18.6 Å². The van der Waals surface area contributed by atoms with Crippen molar-refractivity contribution in [2.75, 3.05) is 26.4 Å². The predicted molar refractivity (Wildman–Crippen MR) is 263 cm³/mol. The molecule has 0 aliphatic carbocycles. The number of phosphoric acid groups is 1. The Labute approximate surface area is 389 Å². The minimum atomic E-state index is -4.61. The van der Waals surface area contributed by atoms with Crippen molar-refractivity contribution in [1.82, 2.24) is 0 Å². The predicted octanol–water partition coefficient (Wildman–Crippen LogP) is 15.9. The summed E-state index contributed by atoms with van der Waals surface area (Å²) in [7, 11) is -4.61. The SMILES string of the molecule is CCCCCCCCCCCCCCCCCCCCCCCCCCOCC(COP(=O)(O)OCC(N)C(=O)O)OC(=O)CCCCCCCCCCCCCCCCCCC. The Bertz CT molecular complexity index is 1020. The van der Waals surface area contributed by atoms with E-state index in [0.29, 0.717) is 6.61 Å². The Balaban J connectivity index is 4.02. The van der Waals surface area contributed by atoms with Gasteiger partial charge in [-0.1, -0.05) is 264 Å². The van der Waals surface area contributed by atoms with Crippen LogP contribution in [0.15, 0.2) is 0 Å². The molecule has 0 spiro atoms. The molecule has 63 heavy (non-hydrogen) atoms. The number of unbranched alkanes of at least 4 members (excludes halogenated alkanes) is 39. The van der Waals surface area contributed by atoms with Gasteiger partial charge in [-0.2, -0.15) is 0 Å². The largest absolute Gasteiger partial charge is 0.480 e. The van der Waals surface area contributed by atoms with Gasteiger partial charge in [-0.05, 0) is 12.8 Å². The molecule has 0 aliphatic heterocycles. The van der Waals surface area contributed by atoms with Gasteiger partial charge in [-0.15, -0.1) is 0 Å². The minimum Gasteiger partial charge on any atom is -0.480 e. The van der Waals surface area contributed by atoms with E-state index in [0.717, 1.165) is 38.5 Å². The van der Waals surface area contributed by atoms with Gasteiger partial charge in [0, 0.05) is 13.0 Å². The van der Waals surface area contributed by atoms with Crippen LogP contribution < -0.4 is 5.73 Å². The fourth-order valence-electron chi connectivity index (χ4n) is 8.20. The molecule has 376 valence electrons. The van der Waals surface area contributed by atoms with Gasteiger partial charge in [0.25, 0.3) is 0 Å². The fraction of sp³-hybridized carbons (Fsp3) is 0.962. The van der Waals surface area contributed by atoms with E-state index in [9.17, 15) is 19.0 Å². The van der Waals surface area contributed by atoms with Crippen LogP contribution in [0.25, 0.3) is 0 Å². The number of carbonyl (C=O) groups excluding carboxylic acids is 1. The third kappa shape index (κ3) is 48.7. The van der Waals surface area contributed by atoms with Crippen molar-refractivity contribution in [3.05, 3.63) is 0 Å². The average molecular weight is 918 g/mol. The van der Waals surface area contributed by atoms with Gasteiger partial charge in [-0.25, -0.2) is 4.57 Å². The number of hydrogen-bond donors (Lipinski definition) is 3. The summed E-state index contributed by atoms with van der Waals surface area (Å²) in [5.41, 5.74) is 5.38. The lowest BCUT2D eigenvalue weighted by Gasteiger charge is -2.20. The number of aliphatic carboxylic acids is 1. The van der Waals surface area contributed by atoms with Crippen LogP contribution >= 0.6 is 7.82 Å². The molecule has 10 nitrogen and oxygen atoms in total. The molecule has 0 rings (SSSR count). The van der Waals surface area contributed by atoms with Crippen molar-refractivity contribution in [1.29, 1.82) is 0 Å². The lowest BCUT2D eigenvalue weighted by atomic mass is 10.0. The number of phosphoric ester groups is 1. The smallest absolute Gasteiger partial charge is 0.472 e. The Morgan fingerprint density at radius 1 is 0.444 bits per heavy atom. The third-order valence-electron chi connectivity index (χ3n) is 12.4. The van der Waals surface area contributed by atoms with Crippen LogP contribution in [-0.4, -0.2) is 60.5 Å². The molecule has 0 amide bonds. The summed E-state index contributed by atoms with van der Waals surface area (Å²) in [6, 6.07) is -1.47. The standard InChI is InChI=1S/C52H104NO9P/c1-3-5-7-9-11-13-15-17-19-21-22-23-24-25-26-27-29-31-33-35-37-39-41-43-45-59-46-49(47-60-63(57,58)61-48-50(53)52(55)56)62-51(54)44-42-40-38-36-34-32-30-28-20-18-16-14-12-10-8-6-4-2/h49-50H,3-48,53H2,1-2H3,(H,55,56)(H,57,58). The molecule has 0 aromatic carbocycles. The maximum absolute atomic E-state index is 12.7. The second-order valence-electron chi connectivity index (χ2n) is 18.7. The molecule has 0 aromatic rings. The van der Waals surface area contributed by atoms with Crippen LogP contribution in [0.3, 0.4) is 0 Å².